The van der Waals surface area contributed by atoms with Gasteiger partial charge in [-0.3, -0.25) is 0 Å². The highest BCUT2D eigenvalue weighted by molar-refractivity contribution is 4.57. The van der Waals surface area contributed by atoms with E-state index < -0.39 is 0 Å². The van der Waals surface area contributed by atoms with Gasteiger partial charge in [0, 0.05) is 6.54 Å². The molecular formula is C8H19NO2. The van der Waals surface area contributed by atoms with Crippen LogP contribution in [0.25, 0.3) is 0 Å². The summed E-state index contributed by atoms with van der Waals surface area (Å²) >= 11 is 0. The van der Waals surface area contributed by atoms with Gasteiger partial charge in [-0.15, -0.1) is 0 Å². The summed E-state index contributed by atoms with van der Waals surface area (Å²) in [5.74, 6) is 0. The molecule has 0 aromatic rings. The second kappa shape index (κ2) is 5.52. The quantitative estimate of drug-likeness (QED) is 0.483. The van der Waals surface area contributed by atoms with Gasteiger partial charge < -0.3 is 15.2 Å². The van der Waals surface area contributed by atoms with Gasteiger partial charge in [0.25, 0.3) is 0 Å². The Kier molecular flexibility index (Phi) is 5.46. The highest BCUT2D eigenvalue weighted by Crippen LogP contribution is 2.12. The minimum Gasteiger partial charge on any atom is -0.355 e. The Morgan fingerprint density at radius 3 is 2.27 bits per heavy atom. The largest absolute Gasteiger partial charge is 0.355 e. The first-order chi connectivity index (χ1) is 5.06. The Morgan fingerprint density at radius 2 is 1.82 bits per heavy atom. The van der Waals surface area contributed by atoms with Crippen LogP contribution in [-0.2, 0) is 9.47 Å². The zero-order chi connectivity index (χ0) is 8.74. The van der Waals surface area contributed by atoms with E-state index in [0.717, 1.165) is 6.61 Å². The topological polar surface area (TPSA) is 44.5 Å². The van der Waals surface area contributed by atoms with E-state index in [4.69, 9.17) is 15.2 Å². The lowest BCUT2D eigenvalue weighted by Crippen LogP contribution is -2.17. The molecule has 0 unspecified atom stereocenters. The standard InChI is InChI=1S/C8H19NO2/c1-8(2,3)6-11-7-10-5-4-9/h4-7,9H2,1-3H3. The second-order valence-corrected chi connectivity index (χ2v) is 3.72. The van der Waals surface area contributed by atoms with Gasteiger partial charge >= 0.3 is 0 Å². The van der Waals surface area contributed by atoms with Crippen LogP contribution < -0.4 is 5.73 Å². The molecule has 0 amide bonds. The Hall–Kier alpha value is -0.120. The van der Waals surface area contributed by atoms with Crippen LogP contribution in [-0.4, -0.2) is 26.6 Å². The fourth-order valence-electron chi connectivity index (χ4n) is 0.549. The third kappa shape index (κ3) is 9.88. The molecule has 0 radical (unpaired) electrons. The van der Waals surface area contributed by atoms with Gasteiger partial charge in [-0.1, -0.05) is 20.8 Å². The average Bonchev–Trinajstić information content (AvgIpc) is 1.85. The maximum atomic E-state index is 5.22. The summed E-state index contributed by atoms with van der Waals surface area (Å²) in [4.78, 5) is 0. The van der Waals surface area contributed by atoms with Crippen molar-refractivity contribution < 1.29 is 9.47 Å². The van der Waals surface area contributed by atoms with E-state index in [2.05, 4.69) is 20.8 Å². The Labute approximate surface area is 68.9 Å². The van der Waals surface area contributed by atoms with E-state index in [-0.39, 0.29) is 5.41 Å². The molecule has 0 aromatic heterocycles. The van der Waals surface area contributed by atoms with Crippen molar-refractivity contribution in [3.05, 3.63) is 0 Å². The van der Waals surface area contributed by atoms with Crippen molar-refractivity contribution in [2.24, 2.45) is 11.1 Å². The van der Waals surface area contributed by atoms with Crippen LogP contribution in [0, 0.1) is 5.41 Å². The lowest BCUT2D eigenvalue weighted by molar-refractivity contribution is -0.0716. The second-order valence-electron chi connectivity index (χ2n) is 3.72. The highest BCUT2D eigenvalue weighted by atomic mass is 16.7. The van der Waals surface area contributed by atoms with Crippen molar-refractivity contribution in [3.8, 4) is 0 Å². The van der Waals surface area contributed by atoms with Crippen molar-refractivity contribution in [1.82, 2.24) is 0 Å². The SMILES string of the molecule is CC(C)(C)COCOCCN. The van der Waals surface area contributed by atoms with Gasteiger partial charge in [0.15, 0.2) is 0 Å². The molecule has 3 heteroatoms. The van der Waals surface area contributed by atoms with Gasteiger partial charge in [0.1, 0.15) is 6.79 Å². The van der Waals surface area contributed by atoms with Crippen molar-refractivity contribution in [2.45, 2.75) is 20.8 Å². The maximum Gasteiger partial charge on any atom is 0.146 e. The fourth-order valence-corrected chi connectivity index (χ4v) is 0.549. The van der Waals surface area contributed by atoms with Gasteiger partial charge in [-0.2, -0.15) is 0 Å². The summed E-state index contributed by atoms with van der Waals surface area (Å²) in [6.07, 6.45) is 0. The van der Waals surface area contributed by atoms with Crippen molar-refractivity contribution >= 4 is 0 Å². The normalized spacial score (nSPS) is 12.0. The number of hydrogen-bond donors (Lipinski definition) is 1. The summed E-state index contributed by atoms with van der Waals surface area (Å²) in [5.41, 5.74) is 5.43. The summed E-state index contributed by atoms with van der Waals surface area (Å²) in [6, 6.07) is 0. The summed E-state index contributed by atoms with van der Waals surface area (Å²) in [5, 5.41) is 0. The fraction of sp³-hybridized carbons (Fsp3) is 1.00. The summed E-state index contributed by atoms with van der Waals surface area (Å²) in [6.45, 7) is 8.57. The van der Waals surface area contributed by atoms with Gasteiger partial charge in [-0.25, -0.2) is 0 Å². The van der Waals surface area contributed by atoms with E-state index in [1.807, 2.05) is 0 Å². The molecule has 11 heavy (non-hydrogen) atoms. The zero-order valence-corrected chi connectivity index (χ0v) is 7.72. The van der Waals surface area contributed by atoms with Crippen LogP contribution in [0.5, 0.6) is 0 Å². The van der Waals surface area contributed by atoms with Crippen molar-refractivity contribution in [2.75, 3.05) is 26.6 Å². The molecule has 0 rings (SSSR count). The number of rotatable bonds is 5. The van der Waals surface area contributed by atoms with E-state index in [1.54, 1.807) is 0 Å². The molecule has 0 heterocycles. The first kappa shape index (κ1) is 10.9. The molecule has 0 atom stereocenters. The minimum atomic E-state index is 0.214. The molecule has 0 saturated heterocycles. The number of hydrogen-bond acceptors (Lipinski definition) is 3. The van der Waals surface area contributed by atoms with Crippen LogP contribution in [0.2, 0.25) is 0 Å². The lowest BCUT2D eigenvalue weighted by Gasteiger charge is -2.17. The van der Waals surface area contributed by atoms with Crippen molar-refractivity contribution in [1.29, 1.82) is 0 Å². The van der Waals surface area contributed by atoms with Crippen molar-refractivity contribution in [3.63, 3.8) is 0 Å². The molecule has 0 aliphatic carbocycles. The molecule has 0 aromatic carbocycles. The molecule has 0 saturated carbocycles. The number of nitrogens with two attached hydrogens (primary N) is 1. The molecule has 0 aliphatic heterocycles. The predicted octanol–water partition coefficient (Wildman–Crippen LogP) is 0.982. The summed E-state index contributed by atoms with van der Waals surface area (Å²) < 4.78 is 10.3. The Balaban J connectivity index is 3.02. The summed E-state index contributed by atoms with van der Waals surface area (Å²) in [7, 11) is 0. The molecule has 2 N–H and O–H groups in total. The molecule has 68 valence electrons. The minimum absolute atomic E-state index is 0.214. The van der Waals surface area contributed by atoms with Gasteiger partial charge in [0.2, 0.25) is 0 Å². The molecule has 0 spiro atoms. The van der Waals surface area contributed by atoms with E-state index >= 15 is 0 Å². The maximum absolute atomic E-state index is 5.22. The Morgan fingerprint density at radius 1 is 1.18 bits per heavy atom. The molecule has 0 fully saturated rings. The first-order valence-corrected chi connectivity index (χ1v) is 3.92. The van der Waals surface area contributed by atoms with Gasteiger partial charge in [0.05, 0.1) is 13.2 Å². The van der Waals surface area contributed by atoms with E-state index in [1.165, 1.54) is 0 Å². The van der Waals surface area contributed by atoms with Crippen LogP contribution >= 0.6 is 0 Å². The van der Waals surface area contributed by atoms with E-state index in [9.17, 15) is 0 Å². The van der Waals surface area contributed by atoms with E-state index in [0.29, 0.717) is 19.9 Å². The smallest absolute Gasteiger partial charge is 0.146 e. The highest BCUT2D eigenvalue weighted by Gasteiger charge is 2.09. The third-order valence-corrected chi connectivity index (χ3v) is 0.964. The lowest BCUT2D eigenvalue weighted by atomic mass is 9.99. The molecule has 0 bridgehead atoms. The van der Waals surface area contributed by atoms with Crippen LogP contribution in [0.3, 0.4) is 0 Å². The van der Waals surface area contributed by atoms with Crippen LogP contribution in [0.1, 0.15) is 20.8 Å². The molecule has 0 aliphatic rings. The molecule has 3 nitrogen and oxygen atoms in total. The van der Waals surface area contributed by atoms with Crippen LogP contribution in [0.4, 0.5) is 0 Å². The molecular weight excluding hydrogens is 142 g/mol. The first-order valence-electron chi connectivity index (χ1n) is 3.92. The average molecular weight is 161 g/mol. The zero-order valence-electron chi connectivity index (χ0n) is 7.72. The predicted molar refractivity (Wildman–Crippen MR) is 45.3 cm³/mol. The Bertz CT molecular complexity index is 88.6. The third-order valence-electron chi connectivity index (χ3n) is 0.964. The van der Waals surface area contributed by atoms with Crippen LogP contribution in [0.15, 0.2) is 0 Å². The van der Waals surface area contributed by atoms with Gasteiger partial charge in [-0.05, 0) is 5.41 Å². The number of ether oxygens (including phenoxy) is 2. The monoisotopic (exact) mass is 161 g/mol.